The molecule has 0 saturated carbocycles. The summed E-state index contributed by atoms with van der Waals surface area (Å²) in [4.78, 5) is 12.3. The van der Waals surface area contributed by atoms with Gasteiger partial charge in [-0.25, -0.2) is 18.4 Å². The van der Waals surface area contributed by atoms with Gasteiger partial charge in [-0.05, 0) is 79.3 Å². The third kappa shape index (κ3) is 4.81. The molecular formula is C25H25N5O2S. The lowest BCUT2D eigenvalue weighted by Gasteiger charge is -2.22. The molecule has 0 aliphatic carbocycles. The lowest BCUT2D eigenvalue weighted by molar-refractivity contribution is 0.496. The highest BCUT2D eigenvalue weighted by atomic mass is 32.2. The van der Waals surface area contributed by atoms with Crippen LogP contribution in [0.25, 0.3) is 23.1 Å². The van der Waals surface area contributed by atoms with Crippen molar-refractivity contribution in [2.45, 2.75) is 23.0 Å². The summed E-state index contributed by atoms with van der Waals surface area (Å²) in [7, 11) is -3.30. The number of H-pyrrole nitrogens is 1. The van der Waals surface area contributed by atoms with E-state index >= 15 is 0 Å². The van der Waals surface area contributed by atoms with Gasteiger partial charge in [-0.1, -0.05) is 18.2 Å². The predicted molar refractivity (Wildman–Crippen MR) is 132 cm³/mol. The maximum Gasteiger partial charge on any atom is 0.227 e. The molecule has 1 fully saturated rings. The van der Waals surface area contributed by atoms with Crippen LogP contribution in [0.1, 0.15) is 24.0 Å². The number of benzene rings is 2. The number of rotatable bonds is 6. The predicted octanol–water partition coefficient (Wildman–Crippen LogP) is 4.40. The molecule has 33 heavy (non-hydrogen) atoms. The van der Waals surface area contributed by atoms with Gasteiger partial charge in [0.2, 0.25) is 5.95 Å². The van der Waals surface area contributed by atoms with E-state index in [2.05, 4.69) is 43.8 Å². The van der Waals surface area contributed by atoms with Gasteiger partial charge in [0.1, 0.15) is 0 Å². The van der Waals surface area contributed by atoms with E-state index in [4.69, 9.17) is 0 Å². The fraction of sp³-hybridized carbons (Fsp3) is 0.200. The van der Waals surface area contributed by atoms with Crippen molar-refractivity contribution in [1.29, 1.82) is 0 Å². The maximum atomic E-state index is 12.8. The van der Waals surface area contributed by atoms with Crippen LogP contribution in [0.2, 0.25) is 0 Å². The van der Waals surface area contributed by atoms with Crippen molar-refractivity contribution in [2.24, 2.45) is 0 Å². The zero-order valence-electron chi connectivity index (χ0n) is 18.0. The standard InChI is InChI=1S/C25H25N5O2S/c31-33(32,23-10-12-26-13-11-23)22-6-4-21(5-7-22)30-25-28-16-19(17-29-25)2-1-18-3-8-24-20(15-18)9-14-27-24/h1-9,14-17,23,26-27H,10-13H2,(H,28,29,30). The van der Waals surface area contributed by atoms with Gasteiger partial charge in [0.05, 0.1) is 10.1 Å². The van der Waals surface area contributed by atoms with E-state index in [1.165, 1.54) is 5.39 Å². The van der Waals surface area contributed by atoms with Crippen LogP contribution in [0.5, 0.6) is 0 Å². The third-order valence-corrected chi connectivity index (χ3v) is 8.16. The first-order valence-corrected chi connectivity index (χ1v) is 12.5. The molecule has 0 unspecified atom stereocenters. The summed E-state index contributed by atoms with van der Waals surface area (Å²) in [6.07, 6.45) is 10.7. The molecule has 8 heteroatoms. The van der Waals surface area contributed by atoms with E-state index in [1.54, 1.807) is 36.7 Å². The minimum absolute atomic E-state index is 0.313. The fourth-order valence-electron chi connectivity index (χ4n) is 4.01. The molecule has 1 aliphatic heterocycles. The molecule has 2 aromatic carbocycles. The van der Waals surface area contributed by atoms with Gasteiger partial charge in [0.15, 0.2) is 9.84 Å². The average molecular weight is 460 g/mol. The zero-order valence-corrected chi connectivity index (χ0v) is 18.8. The molecule has 1 aliphatic rings. The van der Waals surface area contributed by atoms with E-state index < -0.39 is 9.84 Å². The van der Waals surface area contributed by atoms with Gasteiger partial charge < -0.3 is 15.6 Å². The first-order chi connectivity index (χ1) is 16.1. The van der Waals surface area contributed by atoms with E-state index in [0.717, 1.165) is 35.4 Å². The Morgan fingerprint density at radius 1 is 0.909 bits per heavy atom. The molecule has 0 radical (unpaired) electrons. The van der Waals surface area contributed by atoms with Crippen molar-refractivity contribution < 1.29 is 8.42 Å². The molecule has 7 nitrogen and oxygen atoms in total. The van der Waals surface area contributed by atoms with Gasteiger partial charge in [-0.2, -0.15) is 0 Å². The summed E-state index contributed by atoms with van der Waals surface area (Å²) in [5.74, 6) is 0.454. The Bertz CT molecular complexity index is 1370. The summed E-state index contributed by atoms with van der Waals surface area (Å²) in [5, 5.41) is 7.19. The number of nitrogens with one attached hydrogen (secondary N) is 3. The lowest BCUT2D eigenvalue weighted by atomic mass is 10.1. The lowest BCUT2D eigenvalue weighted by Crippen LogP contribution is -2.35. The Hall–Kier alpha value is -3.49. The van der Waals surface area contributed by atoms with Crippen molar-refractivity contribution in [3.8, 4) is 0 Å². The van der Waals surface area contributed by atoms with Crippen molar-refractivity contribution in [3.05, 3.63) is 78.2 Å². The molecule has 0 spiro atoms. The molecule has 0 atom stereocenters. The largest absolute Gasteiger partial charge is 0.361 e. The zero-order chi connectivity index (χ0) is 22.7. The van der Waals surface area contributed by atoms with E-state index in [-0.39, 0.29) is 5.25 Å². The molecule has 5 rings (SSSR count). The quantitative estimate of drug-likeness (QED) is 0.395. The number of nitrogens with zero attached hydrogens (tertiary/aromatic N) is 2. The summed E-state index contributed by atoms with van der Waals surface area (Å²) >= 11 is 0. The van der Waals surface area contributed by atoms with Gasteiger partial charge in [0.25, 0.3) is 0 Å². The van der Waals surface area contributed by atoms with Crippen LogP contribution in [0, 0.1) is 0 Å². The molecule has 1 saturated heterocycles. The second kappa shape index (κ2) is 9.17. The van der Waals surface area contributed by atoms with Crippen LogP contribution < -0.4 is 10.6 Å². The number of fused-ring (bicyclic) bond motifs is 1. The highest BCUT2D eigenvalue weighted by molar-refractivity contribution is 7.92. The Morgan fingerprint density at radius 2 is 1.64 bits per heavy atom. The number of sulfone groups is 1. The Labute approximate surface area is 192 Å². The topological polar surface area (TPSA) is 99.8 Å². The minimum atomic E-state index is -3.30. The summed E-state index contributed by atoms with van der Waals surface area (Å²) < 4.78 is 25.7. The highest BCUT2D eigenvalue weighted by Crippen LogP contribution is 2.24. The first kappa shape index (κ1) is 21.4. The first-order valence-electron chi connectivity index (χ1n) is 11.0. The minimum Gasteiger partial charge on any atom is -0.361 e. The van der Waals surface area contributed by atoms with Gasteiger partial charge in [-0.3, -0.25) is 0 Å². The van der Waals surface area contributed by atoms with Crippen LogP contribution >= 0.6 is 0 Å². The van der Waals surface area contributed by atoms with Gasteiger partial charge >= 0.3 is 0 Å². The van der Waals surface area contributed by atoms with E-state index in [0.29, 0.717) is 23.7 Å². The highest BCUT2D eigenvalue weighted by Gasteiger charge is 2.28. The molecule has 2 aromatic heterocycles. The second-order valence-corrected chi connectivity index (χ2v) is 10.4. The smallest absolute Gasteiger partial charge is 0.227 e. The van der Waals surface area contributed by atoms with Crippen LogP contribution in [0.3, 0.4) is 0 Å². The van der Waals surface area contributed by atoms with Crippen LogP contribution in [0.15, 0.2) is 72.0 Å². The van der Waals surface area contributed by atoms with Crippen molar-refractivity contribution >= 4 is 44.5 Å². The number of hydrogen-bond acceptors (Lipinski definition) is 6. The summed E-state index contributed by atoms with van der Waals surface area (Å²) in [5.41, 5.74) is 3.84. The fourth-order valence-corrected chi connectivity index (χ4v) is 5.77. The Morgan fingerprint density at radius 3 is 2.39 bits per heavy atom. The van der Waals surface area contributed by atoms with Crippen molar-refractivity contribution in [3.63, 3.8) is 0 Å². The summed E-state index contributed by atoms with van der Waals surface area (Å²) in [6, 6.07) is 15.1. The van der Waals surface area contributed by atoms with E-state index in [1.807, 2.05) is 24.4 Å². The number of anilines is 2. The molecule has 0 amide bonds. The SMILES string of the molecule is O=S(=O)(c1ccc(Nc2ncc(C=Cc3ccc4[nH]ccc4c3)cn2)cc1)C1CCNCC1. The maximum absolute atomic E-state index is 12.8. The summed E-state index contributed by atoms with van der Waals surface area (Å²) in [6.45, 7) is 1.49. The molecule has 168 valence electrons. The normalized spacial score (nSPS) is 15.3. The average Bonchev–Trinajstić information content (AvgIpc) is 3.33. The number of hydrogen-bond donors (Lipinski definition) is 3. The van der Waals surface area contributed by atoms with Crippen molar-refractivity contribution in [1.82, 2.24) is 20.3 Å². The van der Waals surface area contributed by atoms with Crippen LogP contribution in [0.4, 0.5) is 11.6 Å². The molecule has 0 bridgehead atoms. The van der Waals surface area contributed by atoms with Crippen LogP contribution in [-0.2, 0) is 9.84 Å². The monoisotopic (exact) mass is 459 g/mol. The third-order valence-electron chi connectivity index (χ3n) is 5.88. The van der Waals surface area contributed by atoms with E-state index in [9.17, 15) is 8.42 Å². The van der Waals surface area contributed by atoms with Crippen LogP contribution in [-0.4, -0.2) is 41.7 Å². The second-order valence-electron chi connectivity index (χ2n) is 8.14. The Kier molecular flexibility index (Phi) is 5.93. The van der Waals surface area contributed by atoms with Gasteiger partial charge in [-0.15, -0.1) is 0 Å². The molecular weight excluding hydrogens is 434 g/mol. The van der Waals surface area contributed by atoms with Crippen molar-refractivity contribution in [2.75, 3.05) is 18.4 Å². The number of aromatic nitrogens is 3. The molecule has 3 heterocycles. The molecule has 4 aromatic rings. The Balaban J connectivity index is 1.23. The van der Waals surface area contributed by atoms with Gasteiger partial charge in [0, 0.05) is 35.4 Å². The number of aromatic amines is 1. The molecule has 3 N–H and O–H groups in total. The number of piperidine rings is 1.